The third-order valence-corrected chi connectivity index (χ3v) is 5.56. The van der Waals surface area contributed by atoms with Gasteiger partial charge in [-0.2, -0.15) is 5.10 Å². The molecule has 0 bridgehead atoms. The van der Waals surface area contributed by atoms with Gasteiger partial charge in [0.2, 0.25) is 5.91 Å². The molecule has 0 saturated carbocycles. The minimum atomic E-state index is -0.297. The maximum absolute atomic E-state index is 12.9. The Morgan fingerprint density at radius 3 is 2.78 bits per heavy atom. The smallest absolute Gasteiger partial charge is 0.262 e. The second kappa shape index (κ2) is 8.65. The standard InChI is InChI=1S/C19H20ClN3O3S/c1-22(19(25)12-26-2)11-18(24)23-16(13-6-3-4-7-14(13)20)10-15(21-23)17-8-5-9-27-17/h3-9,16H,10-12H2,1-2H3. The molecule has 1 aliphatic rings. The molecule has 1 unspecified atom stereocenters. The highest BCUT2D eigenvalue weighted by Gasteiger charge is 2.35. The van der Waals surface area contributed by atoms with Crippen LogP contribution in [0.4, 0.5) is 0 Å². The van der Waals surface area contributed by atoms with Crippen molar-refractivity contribution in [2.75, 3.05) is 27.3 Å². The molecule has 1 aromatic carbocycles. The number of nitrogens with zero attached hydrogens (tertiary/aromatic N) is 3. The molecule has 1 aromatic heterocycles. The summed E-state index contributed by atoms with van der Waals surface area (Å²) in [7, 11) is 3.02. The van der Waals surface area contributed by atoms with Crippen molar-refractivity contribution in [1.29, 1.82) is 0 Å². The van der Waals surface area contributed by atoms with Gasteiger partial charge in [-0.05, 0) is 23.1 Å². The first-order valence-corrected chi connectivity index (χ1v) is 9.67. The van der Waals surface area contributed by atoms with Crippen LogP contribution in [0.3, 0.4) is 0 Å². The summed E-state index contributed by atoms with van der Waals surface area (Å²) in [5.41, 5.74) is 1.68. The van der Waals surface area contributed by atoms with E-state index in [9.17, 15) is 9.59 Å². The van der Waals surface area contributed by atoms with E-state index in [4.69, 9.17) is 16.3 Å². The highest BCUT2D eigenvalue weighted by Crippen LogP contribution is 2.36. The predicted molar refractivity (Wildman–Crippen MR) is 106 cm³/mol. The van der Waals surface area contributed by atoms with E-state index in [1.54, 1.807) is 24.5 Å². The van der Waals surface area contributed by atoms with Crippen LogP contribution in [0.1, 0.15) is 22.9 Å². The number of thiophene rings is 1. The van der Waals surface area contributed by atoms with Crippen molar-refractivity contribution >= 4 is 40.5 Å². The van der Waals surface area contributed by atoms with Gasteiger partial charge in [0.05, 0.1) is 16.6 Å². The molecule has 0 aliphatic carbocycles. The van der Waals surface area contributed by atoms with Gasteiger partial charge < -0.3 is 9.64 Å². The second-order valence-electron chi connectivity index (χ2n) is 6.19. The number of carbonyl (C=O) groups is 2. The first-order chi connectivity index (χ1) is 13.0. The normalized spacial score (nSPS) is 16.3. The van der Waals surface area contributed by atoms with Crippen molar-refractivity contribution in [3.8, 4) is 0 Å². The molecule has 2 amide bonds. The molecular formula is C19H20ClN3O3S. The molecule has 0 radical (unpaired) electrons. The number of carbonyl (C=O) groups excluding carboxylic acids is 2. The van der Waals surface area contributed by atoms with Crippen LogP contribution in [0.25, 0.3) is 0 Å². The summed E-state index contributed by atoms with van der Waals surface area (Å²) in [6, 6.07) is 11.1. The summed E-state index contributed by atoms with van der Waals surface area (Å²) in [5.74, 6) is -0.528. The first kappa shape index (κ1) is 19.5. The Balaban J connectivity index is 1.86. The van der Waals surface area contributed by atoms with Crippen molar-refractivity contribution in [2.24, 2.45) is 5.10 Å². The van der Waals surface area contributed by atoms with E-state index in [0.717, 1.165) is 16.2 Å². The fourth-order valence-electron chi connectivity index (χ4n) is 2.92. The Labute approximate surface area is 167 Å². The lowest BCUT2D eigenvalue weighted by atomic mass is 10.0. The molecule has 2 aromatic rings. The first-order valence-electron chi connectivity index (χ1n) is 8.42. The Hall–Kier alpha value is -2.22. The van der Waals surface area contributed by atoms with Gasteiger partial charge in [-0.3, -0.25) is 9.59 Å². The van der Waals surface area contributed by atoms with Gasteiger partial charge in [0.15, 0.2) is 0 Å². The lowest BCUT2D eigenvalue weighted by molar-refractivity contribution is -0.142. The predicted octanol–water partition coefficient (Wildman–Crippen LogP) is 3.18. The minimum absolute atomic E-state index is 0.0680. The van der Waals surface area contributed by atoms with Gasteiger partial charge in [-0.1, -0.05) is 35.9 Å². The zero-order chi connectivity index (χ0) is 19.4. The Morgan fingerprint density at radius 2 is 2.11 bits per heavy atom. The Bertz CT molecular complexity index is 854. The zero-order valence-corrected chi connectivity index (χ0v) is 16.7. The summed E-state index contributed by atoms with van der Waals surface area (Å²) < 4.78 is 4.84. The highest BCUT2D eigenvalue weighted by atomic mass is 35.5. The van der Waals surface area contributed by atoms with Crippen LogP contribution in [0.15, 0.2) is 46.9 Å². The fraction of sp³-hybridized carbons (Fsp3) is 0.316. The lowest BCUT2D eigenvalue weighted by Gasteiger charge is -2.25. The molecule has 3 rings (SSSR count). The van der Waals surface area contributed by atoms with Gasteiger partial charge >= 0.3 is 0 Å². The molecular weight excluding hydrogens is 386 g/mol. The van der Waals surface area contributed by atoms with E-state index >= 15 is 0 Å². The molecule has 6 nitrogen and oxygen atoms in total. The van der Waals surface area contributed by atoms with Crippen LogP contribution in [-0.2, 0) is 14.3 Å². The minimum Gasteiger partial charge on any atom is -0.375 e. The average Bonchev–Trinajstić information content (AvgIpc) is 3.32. The maximum atomic E-state index is 12.9. The van der Waals surface area contributed by atoms with E-state index in [-0.39, 0.29) is 31.0 Å². The van der Waals surface area contributed by atoms with Crippen molar-refractivity contribution < 1.29 is 14.3 Å². The monoisotopic (exact) mass is 405 g/mol. The number of halogens is 1. The van der Waals surface area contributed by atoms with Gasteiger partial charge in [-0.25, -0.2) is 5.01 Å². The number of benzene rings is 1. The number of hydrogen-bond acceptors (Lipinski definition) is 5. The average molecular weight is 406 g/mol. The molecule has 27 heavy (non-hydrogen) atoms. The van der Waals surface area contributed by atoms with Gasteiger partial charge in [0.25, 0.3) is 5.91 Å². The van der Waals surface area contributed by atoms with Crippen molar-refractivity contribution in [2.45, 2.75) is 12.5 Å². The van der Waals surface area contributed by atoms with E-state index in [2.05, 4.69) is 5.10 Å². The third-order valence-electron chi connectivity index (χ3n) is 4.30. The number of rotatable bonds is 6. The molecule has 1 aliphatic heterocycles. The van der Waals surface area contributed by atoms with Gasteiger partial charge in [0.1, 0.15) is 13.2 Å². The number of amides is 2. The van der Waals surface area contributed by atoms with Crippen LogP contribution >= 0.6 is 22.9 Å². The largest absolute Gasteiger partial charge is 0.375 e. The third kappa shape index (κ3) is 4.37. The maximum Gasteiger partial charge on any atom is 0.262 e. The number of hydrazone groups is 1. The Morgan fingerprint density at radius 1 is 1.33 bits per heavy atom. The molecule has 0 N–H and O–H groups in total. The second-order valence-corrected chi connectivity index (χ2v) is 7.54. The SMILES string of the molecule is COCC(=O)N(C)CC(=O)N1N=C(c2cccs2)CC1c1ccccc1Cl. The van der Waals surface area contributed by atoms with Crippen LogP contribution < -0.4 is 0 Å². The number of methoxy groups -OCH3 is 1. The molecule has 0 fully saturated rings. The van der Waals surface area contributed by atoms with Crippen LogP contribution in [-0.4, -0.2) is 54.7 Å². The molecule has 0 saturated heterocycles. The molecule has 142 valence electrons. The highest BCUT2D eigenvalue weighted by molar-refractivity contribution is 7.12. The summed E-state index contributed by atoms with van der Waals surface area (Å²) >= 11 is 7.95. The topological polar surface area (TPSA) is 62.2 Å². The number of hydrogen-bond donors (Lipinski definition) is 0. The van der Waals surface area contributed by atoms with Gasteiger partial charge in [0, 0.05) is 25.6 Å². The van der Waals surface area contributed by atoms with Crippen molar-refractivity contribution in [3.05, 3.63) is 57.2 Å². The number of ether oxygens (including phenoxy) is 1. The number of likely N-dealkylation sites (N-methyl/N-ethyl adjacent to an activating group) is 1. The summed E-state index contributed by atoms with van der Waals surface area (Å²) in [4.78, 5) is 27.2. The Kier molecular flexibility index (Phi) is 6.26. The van der Waals surface area contributed by atoms with Crippen LogP contribution in [0.5, 0.6) is 0 Å². The lowest BCUT2D eigenvalue weighted by Crippen LogP contribution is -2.40. The van der Waals surface area contributed by atoms with E-state index in [0.29, 0.717) is 11.4 Å². The summed E-state index contributed by atoms with van der Waals surface area (Å²) in [5, 5.41) is 8.59. The summed E-state index contributed by atoms with van der Waals surface area (Å²) in [6.45, 7) is -0.147. The molecule has 1 atom stereocenters. The summed E-state index contributed by atoms with van der Waals surface area (Å²) in [6.07, 6.45) is 0.575. The van der Waals surface area contributed by atoms with Crippen LogP contribution in [0, 0.1) is 0 Å². The zero-order valence-electron chi connectivity index (χ0n) is 15.1. The molecule has 0 spiro atoms. The van der Waals surface area contributed by atoms with Crippen molar-refractivity contribution in [3.63, 3.8) is 0 Å². The van der Waals surface area contributed by atoms with Crippen molar-refractivity contribution in [1.82, 2.24) is 9.91 Å². The van der Waals surface area contributed by atoms with E-state index in [1.807, 2.05) is 35.7 Å². The van der Waals surface area contributed by atoms with E-state index in [1.165, 1.54) is 17.0 Å². The molecule has 2 heterocycles. The quantitative estimate of drug-likeness (QED) is 0.741. The van der Waals surface area contributed by atoms with Gasteiger partial charge in [-0.15, -0.1) is 11.3 Å². The molecule has 8 heteroatoms. The van der Waals surface area contributed by atoms with Crippen LogP contribution in [0.2, 0.25) is 5.02 Å². The van der Waals surface area contributed by atoms with E-state index < -0.39 is 0 Å². The fourth-order valence-corrected chi connectivity index (χ4v) is 3.90.